The fraction of sp³-hybridized carbons (Fsp3) is 0.571. The van der Waals surface area contributed by atoms with Crippen LogP contribution >= 0.6 is 11.6 Å². The molecule has 0 aromatic heterocycles. The zero-order chi connectivity index (χ0) is 12.5. The van der Waals surface area contributed by atoms with Crippen LogP contribution in [0, 0.1) is 6.92 Å². The van der Waals surface area contributed by atoms with E-state index in [0.29, 0.717) is 6.04 Å². The lowest BCUT2D eigenvalue weighted by molar-refractivity contribution is 0.0135. The molecule has 0 amide bonds. The Morgan fingerprint density at radius 2 is 2.24 bits per heavy atom. The van der Waals surface area contributed by atoms with Gasteiger partial charge in [0.15, 0.2) is 0 Å². The number of benzene rings is 1. The first-order valence-corrected chi connectivity index (χ1v) is 6.44. The summed E-state index contributed by atoms with van der Waals surface area (Å²) >= 11 is 6.14. The molecule has 0 aliphatic carbocycles. The van der Waals surface area contributed by atoms with E-state index < -0.39 is 0 Å². The standard InChI is InChI=1S/C14H20ClNO/c1-10-4-5-11(7-13(10)15)6-12-8-17-9-14(2,3)16-12/h4-5,7,12,16H,6,8-9H2,1-3H3. The van der Waals surface area contributed by atoms with Crippen molar-refractivity contribution >= 4 is 11.6 Å². The van der Waals surface area contributed by atoms with Crippen molar-refractivity contribution in [1.82, 2.24) is 5.32 Å². The molecule has 0 saturated carbocycles. The topological polar surface area (TPSA) is 21.3 Å². The number of hydrogen-bond donors (Lipinski definition) is 1. The molecule has 3 heteroatoms. The summed E-state index contributed by atoms with van der Waals surface area (Å²) in [6.07, 6.45) is 0.962. The molecule has 2 rings (SSSR count). The highest BCUT2D eigenvalue weighted by atomic mass is 35.5. The second-order valence-corrected chi connectivity index (χ2v) is 5.94. The summed E-state index contributed by atoms with van der Waals surface area (Å²) in [6, 6.07) is 6.65. The summed E-state index contributed by atoms with van der Waals surface area (Å²) in [6.45, 7) is 7.91. The summed E-state index contributed by atoms with van der Waals surface area (Å²) in [4.78, 5) is 0. The molecule has 94 valence electrons. The largest absolute Gasteiger partial charge is 0.378 e. The summed E-state index contributed by atoms with van der Waals surface area (Å²) in [5, 5.41) is 4.45. The molecule has 1 aromatic carbocycles. The first-order valence-electron chi connectivity index (χ1n) is 6.07. The lowest BCUT2D eigenvalue weighted by atomic mass is 9.98. The van der Waals surface area contributed by atoms with Crippen molar-refractivity contribution in [3.05, 3.63) is 34.3 Å². The third-order valence-corrected chi connectivity index (χ3v) is 3.50. The summed E-state index contributed by atoms with van der Waals surface area (Å²) in [7, 11) is 0. The van der Waals surface area contributed by atoms with E-state index in [1.807, 2.05) is 6.92 Å². The van der Waals surface area contributed by atoms with E-state index in [1.165, 1.54) is 5.56 Å². The summed E-state index contributed by atoms with van der Waals surface area (Å²) in [5.74, 6) is 0. The normalized spacial score (nSPS) is 23.6. The molecule has 0 bridgehead atoms. The Labute approximate surface area is 108 Å². The van der Waals surface area contributed by atoms with E-state index in [2.05, 4.69) is 37.4 Å². The Hall–Kier alpha value is -0.570. The molecule has 1 aliphatic heterocycles. The molecule has 1 fully saturated rings. The predicted molar refractivity (Wildman–Crippen MR) is 71.7 cm³/mol. The van der Waals surface area contributed by atoms with E-state index in [9.17, 15) is 0 Å². The van der Waals surface area contributed by atoms with Gasteiger partial charge in [0.1, 0.15) is 0 Å². The number of hydrogen-bond acceptors (Lipinski definition) is 2. The molecule has 1 unspecified atom stereocenters. The fourth-order valence-corrected chi connectivity index (χ4v) is 2.45. The van der Waals surface area contributed by atoms with Crippen molar-refractivity contribution in [3.63, 3.8) is 0 Å². The van der Waals surface area contributed by atoms with Crippen molar-refractivity contribution in [2.45, 2.75) is 38.8 Å². The van der Waals surface area contributed by atoms with Crippen LogP contribution in [0.4, 0.5) is 0 Å². The van der Waals surface area contributed by atoms with Gasteiger partial charge in [-0.25, -0.2) is 0 Å². The first-order chi connectivity index (χ1) is 7.96. The molecular formula is C14H20ClNO. The number of ether oxygens (including phenoxy) is 1. The molecule has 2 nitrogen and oxygen atoms in total. The van der Waals surface area contributed by atoms with Gasteiger partial charge in [-0.2, -0.15) is 0 Å². The molecule has 1 heterocycles. The molecule has 1 aliphatic rings. The van der Waals surface area contributed by atoms with Crippen LogP contribution in [0.15, 0.2) is 18.2 Å². The minimum Gasteiger partial charge on any atom is -0.378 e. The van der Waals surface area contributed by atoms with Crippen molar-refractivity contribution in [2.75, 3.05) is 13.2 Å². The van der Waals surface area contributed by atoms with Crippen LogP contribution in [0.25, 0.3) is 0 Å². The SMILES string of the molecule is Cc1ccc(CC2COCC(C)(C)N2)cc1Cl. The minimum atomic E-state index is 0.0669. The Balaban J connectivity index is 2.03. The Morgan fingerprint density at radius 3 is 2.88 bits per heavy atom. The highest BCUT2D eigenvalue weighted by molar-refractivity contribution is 6.31. The maximum Gasteiger partial charge on any atom is 0.0643 e. The van der Waals surface area contributed by atoms with Gasteiger partial charge in [-0.15, -0.1) is 0 Å². The van der Waals surface area contributed by atoms with E-state index in [0.717, 1.165) is 30.2 Å². The maximum atomic E-state index is 6.14. The lowest BCUT2D eigenvalue weighted by Gasteiger charge is -2.37. The Morgan fingerprint density at radius 1 is 1.47 bits per heavy atom. The maximum absolute atomic E-state index is 6.14. The van der Waals surface area contributed by atoms with Crippen LogP contribution in [-0.2, 0) is 11.2 Å². The molecule has 1 atom stereocenters. The quantitative estimate of drug-likeness (QED) is 0.875. The van der Waals surface area contributed by atoms with Crippen molar-refractivity contribution < 1.29 is 4.74 Å². The highest BCUT2D eigenvalue weighted by Crippen LogP contribution is 2.19. The fourth-order valence-electron chi connectivity index (χ4n) is 2.25. The van der Waals surface area contributed by atoms with Gasteiger partial charge in [0.2, 0.25) is 0 Å². The summed E-state index contributed by atoms with van der Waals surface area (Å²) in [5.41, 5.74) is 2.46. The van der Waals surface area contributed by atoms with E-state index in [4.69, 9.17) is 16.3 Å². The van der Waals surface area contributed by atoms with Gasteiger partial charge < -0.3 is 10.1 Å². The van der Waals surface area contributed by atoms with Gasteiger partial charge in [0.25, 0.3) is 0 Å². The van der Waals surface area contributed by atoms with Gasteiger partial charge in [-0.3, -0.25) is 0 Å². The van der Waals surface area contributed by atoms with Crippen molar-refractivity contribution in [3.8, 4) is 0 Å². The summed E-state index contributed by atoms with van der Waals surface area (Å²) < 4.78 is 5.63. The van der Waals surface area contributed by atoms with E-state index in [-0.39, 0.29) is 5.54 Å². The van der Waals surface area contributed by atoms with E-state index in [1.54, 1.807) is 0 Å². The average molecular weight is 254 g/mol. The van der Waals surface area contributed by atoms with Gasteiger partial charge >= 0.3 is 0 Å². The second kappa shape index (κ2) is 4.97. The van der Waals surface area contributed by atoms with Gasteiger partial charge in [0, 0.05) is 16.6 Å². The van der Waals surface area contributed by atoms with Gasteiger partial charge in [-0.1, -0.05) is 23.7 Å². The molecule has 0 radical (unpaired) electrons. The number of aryl methyl sites for hydroxylation is 1. The lowest BCUT2D eigenvalue weighted by Crippen LogP contribution is -2.56. The Kier molecular flexibility index (Phi) is 3.76. The molecule has 0 spiro atoms. The van der Waals surface area contributed by atoms with Crippen LogP contribution in [0.3, 0.4) is 0 Å². The van der Waals surface area contributed by atoms with Gasteiger partial charge in [0.05, 0.1) is 13.2 Å². The first kappa shape index (κ1) is 12.9. The number of halogens is 1. The molecule has 1 N–H and O–H groups in total. The van der Waals surface area contributed by atoms with Crippen LogP contribution in [0.1, 0.15) is 25.0 Å². The Bertz CT molecular complexity index is 403. The monoisotopic (exact) mass is 253 g/mol. The average Bonchev–Trinajstić information content (AvgIpc) is 2.22. The van der Waals surface area contributed by atoms with Crippen LogP contribution in [0.5, 0.6) is 0 Å². The highest BCUT2D eigenvalue weighted by Gasteiger charge is 2.27. The third-order valence-electron chi connectivity index (χ3n) is 3.10. The molecule has 17 heavy (non-hydrogen) atoms. The molecular weight excluding hydrogens is 234 g/mol. The zero-order valence-electron chi connectivity index (χ0n) is 10.7. The van der Waals surface area contributed by atoms with Crippen molar-refractivity contribution in [2.24, 2.45) is 0 Å². The smallest absolute Gasteiger partial charge is 0.0643 e. The van der Waals surface area contributed by atoms with Crippen LogP contribution < -0.4 is 5.32 Å². The number of morpholine rings is 1. The zero-order valence-corrected chi connectivity index (χ0v) is 11.5. The van der Waals surface area contributed by atoms with Gasteiger partial charge in [-0.05, 0) is 44.4 Å². The van der Waals surface area contributed by atoms with Crippen molar-refractivity contribution in [1.29, 1.82) is 0 Å². The van der Waals surface area contributed by atoms with Crippen LogP contribution in [-0.4, -0.2) is 24.8 Å². The predicted octanol–water partition coefficient (Wildman–Crippen LogP) is 2.96. The number of nitrogens with one attached hydrogen (secondary N) is 1. The number of rotatable bonds is 2. The third kappa shape index (κ3) is 3.44. The molecule has 1 aromatic rings. The molecule has 1 saturated heterocycles. The minimum absolute atomic E-state index is 0.0669. The van der Waals surface area contributed by atoms with E-state index >= 15 is 0 Å². The second-order valence-electron chi connectivity index (χ2n) is 5.53. The van der Waals surface area contributed by atoms with Crippen LogP contribution in [0.2, 0.25) is 5.02 Å².